The molecule has 0 amide bonds. The lowest BCUT2D eigenvalue weighted by Crippen LogP contribution is -1.35. The van der Waals surface area contributed by atoms with Crippen molar-refractivity contribution in [2.24, 2.45) is 0 Å². The molecule has 0 N–H and O–H groups in total. The van der Waals surface area contributed by atoms with Crippen LogP contribution in [0.2, 0.25) is 0 Å². The average Bonchev–Trinajstić information content (AvgIpc) is 1.68. The van der Waals surface area contributed by atoms with Crippen LogP contribution < -0.4 is 0 Å². The molecule has 0 aliphatic rings. The van der Waals surface area contributed by atoms with Crippen LogP contribution in [0.5, 0.6) is 0 Å². The highest BCUT2D eigenvalue weighted by molar-refractivity contribution is 8.69. The van der Waals surface area contributed by atoms with Crippen molar-refractivity contribution in [2.75, 3.05) is 6.66 Å². The van der Waals surface area contributed by atoms with Gasteiger partial charge in [0.15, 0.2) is 0 Å². The van der Waals surface area contributed by atoms with Crippen molar-refractivity contribution >= 4 is 54.7 Å². The molecule has 0 saturated carbocycles. The SMILES string of the molecule is CP=S(=S)=S=S=S. The molecule has 0 rings (SSSR count). The van der Waals surface area contributed by atoms with E-state index in [0.717, 1.165) is 0 Å². The summed E-state index contributed by atoms with van der Waals surface area (Å²) in [7, 11) is 4.24. The summed E-state index contributed by atoms with van der Waals surface area (Å²) in [4.78, 5) is 0. The van der Waals surface area contributed by atoms with Crippen LogP contribution >= 0.6 is 7.36 Å². The Bertz CT molecular complexity index is 223. The molecule has 0 heterocycles. The van der Waals surface area contributed by atoms with Gasteiger partial charge in [0.1, 0.15) is 0 Å². The Morgan fingerprint density at radius 1 is 1.71 bits per heavy atom. The third kappa shape index (κ3) is 5.27. The van der Waals surface area contributed by atoms with Gasteiger partial charge < -0.3 is 0 Å². The van der Waals surface area contributed by atoms with Crippen molar-refractivity contribution in [1.82, 2.24) is 0 Å². The van der Waals surface area contributed by atoms with Crippen LogP contribution in [0.25, 0.3) is 0 Å². The molecule has 0 saturated heterocycles. The van der Waals surface area contributed by atoms with Gasteiger partial charge >= 0.3 is 0 Å². The molecule has 42 valence electrons. The highest BCUT2D eigenvalue weighted by Gasteiger charge is 1.45. The van der Waals surface area contributed by atoms with Crippen molar-refractivity contribution in [3.8, 4) is 0 Å². The van der Waals surface area contributed by atoms with Crippen LogP contribution in [-0.4, -0.2) is 6.66 Å². The summed E-state index contributed by atoms with van der Waals surface area (Å²) in [6.45, 7) is 2.05. The zero-order valence-corrected chi connectivity index (χ0v) is 8.47. The average molecular weight is 206 g/mol. The molecular formula is CH3PS5. The molecule has 0 aromatic carbocycles. The topological polar surface area (TPSA) is 0 Å². The highest BCUT2D eigenvalue weighted by Crippen LogP contribution is 1.79. The van der Waals surface area contributed by atoms with E-state index >= 15 is 0 Å². The molecular weight excluding hydrogens is 203 g/mol. The van der Waals surface area contributed by atoms with Gasteiger partial charge in [-0.3, -0.25) is 0 Å². The molecule has 0 unspecified atom stereocenters. The van der Waals surface area contributed by atoms with Crippen molar-refractivity contribution in [3.05, 3.63) is 0 Å². The lowest BCUT2D eigenvalue weighted by molar-refractivity contribution is 2.52. The summed E-state index contributed by atoms with van der Waals surface area (Å²) < 4.78 is 0. The largest absolute Gasteiger partial charge is 0.0444 e. The Morgan fingerprint density at radius 3 is 2.43 bits per heavy atom. The Kier molecular flexibility index (Phi) is 6.64. The fraction of sp³-hybridized carbons (Fsp3) is 1.00. The maximum Gasteiger partial charge on any atom is -0.0000151 e. The van der Waals surface area contributed by atoms with Crippen LogP contribution in [0, 0.1) is 0 Å². The molecule has 0 spiro atoms. The van der Waals surface area contributed by atoms with E-state index in [4.69, 9.17) is 11.2 Å². The van der Waals surface area contributed by atoms with Crippen molar-refractivity contribution in [2.45, 2.75) is 0 Å². The first-order valence-electron chi connectivity index (χ1n) is 1.30. The zero-order valence-electron chi connectivity index (χ0n) is 3.49. The van der Waals surface area contributed by atoms with Gasteiger partial charge in [0, 0.05) is 0 Å². The first kappa shape index (κ1) is 8.40. The number of hydrogen-bond acceptors (Lipinski definition) is 2. The van der Waals surface area contributed by atoms with Crippen molar-refractivity contribution < 1.29 is 0 Å². The summed E-state index contributed by atoms with van der Waals surface area (Å²) >= 11 is 9.54. The summed E-state index contributed by atoms with van der Waals surface area (Å²) in [5, 5.41) is 0. The minimum absolute atomic E-state index is 0.0540. The fourth-order valence-corrected chi connectivity index (χ4v) is 8.24. The monoisotopic (exact) mass is 206 g/mol. The quantitative estimate of drug-likeness (QED) is 0.543. The summed E-state index contributed by atoms with van der Waals surface area (Å²) in [5.74, 6) is 0. The second kappa shape index (κ2) is 5.54. The van der Waals surface area contributed by atoms with E-state index < -0.39 is 0 Å². The van der Waals surface area contributed by atoms with E-state index in [1.165, 1.54) is 16.2 Å². The maximum absolute atomic E-state index is 4.93. The molecule has 0 aliphatic carbocycles. The first-order chi connectivity index (χ1) is 3.31. The smallest absolute Gasteiger partial charge is 0.0000151 e. The summed E-state index contributed by atoms with van der Waals surface area (Å²) in [6, 6.07) is 0. The molecule has 0 radical (unpaired) electrons. The maximum atomic E-state index is 4.93. The molecule has 0 aliphatic heterocycles. The van der Waals surface area contributed by atoms with Gasteiger partial charge in [-0.1, -0.05) is 0 Å². The lowest BCUT2D eigenvalue weighted by atomic mass is 12.0. The van der Waals surface area contributed by atoms with Gasteiger partial charge in [0.25, 0.3) is 0 Å². The van der Waals surface area contributed by atoms with Gasteiger partial charge in [-0.2, -0.15) is 0 Å². The van der Waals surface area contributed by atoms with E-state index in [-0.39, 0.29) is 7.19 Å². The predicted octanol–water partition coefficient (Wildman–Crippen LogP) is 1.01. The normalized spacial score (nSPS) is 8.14. The van der Waals surface area contributed by atoms with E-state index in [1.807, 2.05) is 0 Å². The Balaban J connectivity index is 5.16. The van der Waals surface area contributed by atoms with Crippen molar-refractivity contribution in [1.29, 1.82) is 0 Å². The molecule has 0 atom stereocenters. The second-order valence-electron chi connectivity index (χ2n) is 0.536. The molecule has 0 nitrogen and oxygen atoms in total. The van der Waals surface area contributed by atoms with Crippen LogP contribution in [0.3, 0.4) is 0 Å². The Labute approximate surface area is 61.0 Å². The Morgan fingerprint density at radius 2 is 2.29 bits per heavy atom. The van der Waals surface area contributed by atoms with Gasteiger partial charge in [-0.15, -0.1) is 0 Å². The second-order valence-corrected chi connectivity index (χ2v) is 11.2. The number of rotatable bonds is 0. The standard InChI is InChI=1S/CH3PS5/c1-2-7(4)6-5-3/h1H3. The van der Waals surface area contributed by atoms with Gasteiger partial charge in [-0.25, -0.2) is 0 Å². The van der Waals surface area contributed by atoms with E-state index in [2.05, 4.69) is 17.9 Å². The van der Waals surface area contributed by atoms with Crippen LogP contribution in [-0.2, 0) is 47.3 Å². The number of hydrogen-bond donors (Lipinski definition) is 0. The van der Waals surface area contributed by atoms with Crippen molar-refractivity contribution in [3.63, 3.8) is 0 Å². The Hall–Kier alpha value is 1.40. The van der Waals surface area contributed by atoms with Crippen LogP contribution in [0.4, 0.5) is 0 Å². The minimum atomic E-state index is 0.0540. The molecule has 0 aromatic heterocycles. The van der Waals surface area contributed by atoms with E-state index in [9.17, 15) is 0 Å². The third-order valence-corrected chi connectivity index (χ3v) is 11.0. The molecule has 0 aromatic rings. The van der Waals surface area contributed by atoms with Gasteiger partial charge in [-0.05, 0) is 61.3 Å². The third-order valence-electron chi connectivity index (χ3n) is 0.235. The fourth-order valence-electron chi connectivity index (χ4n) is 0.0542. The molecule has 0 bridgehead atoms. The summed E-state index contributed by atoms with van der Waals surface area (Å²) in [6.07, 6.45) is 0. The molecule has 6 heteroatoms. The van der Waals surface area contributed by atoms with Gasteiger partial charge in [0.05, 0.1) is 0 Å². The summed E-state index contributed by atoms with van der Waals surface area (Å²) in [5.41, 5.74) is 0. The molecule has 7 heavy (non-hydrogen) atoms. The zero-order chi connectivity index (χ0) is 5.70. The lowest BCUT2D eigenvalue weighted by Gasteiger charge is -1.49. The van der Waals surface area contributed by atoms with Gasteiger partial charge in [0.2, 0.25) is 0 Å². The molecule has 0 fully saturated rings. The highest BCUT2D eigenvalue weighted by atomic mass is 33.4. The van der Waals surface area contributed by atoms with Crippen LogP contribution in [0.15, 0.2) is 0 Å². The predicted molar refractivity (Wildman–Crippen MR) is 49.7 cm³/mol. The minimum Gasteiger partial charge on any atom is -0.0444 e. The van der Waals surface area contributed by atoms with E-state index in [1.54, 1.807) is 8.88 Å². The van der Waals surface area contributed by atoms with E-state index in [0.29, 0.717) is 0 Å². The first-order valence-corrected chi connectivity index (χ1v) is 8.98. The van der Waals surface area contributed by atoms with Crippen LogP contribution in [0.1, 0.15) is 0 Å².